The normalized spacial score (nSPS) is 14.9. The van der Waals surface area contributed by atoms with Gasteiger partial charge in [0.1, 0.15) is 0 Å². The minimum atomic E-state index is -3.62. The second-order valence-electron chi connectivity index (χ2n) is 8.62. The molecule has 1 aliphatic heterocycles. The van der Waals surface area contributed by atoms with Crippen molar-refractivity contribution in [3.8, 4) is 0 Å². The van der Waals surface area contributed by atoms with E-state index in [-0.39, 0.29) is 22.6 Å². The van der Waals surface area contributed by atoms with Crippen molar-refractivity contribution < 1.29 is 18.0 Å². The molecular weight excluding hydrogens is 426 g/mol. The zero-order valence-corrected chi connectivity index (χ0v) is 19.7. The summed E-state index contributed by atoms with van der Waals surface area (Å²) in [5, 5.41) is 5.64. The third-order valence-electron chi connectivity index (χ3n) is 5.43. The molecule has 0 aromatic heterocycles. The van der Waals surface area contributed by atoms with Crippen LogP contribution in [-0.4, -0.2) is 37.6 Å². The van der Waals surface area contributed by atoms with Crippen LogP contribution in [0.5, 0.6) is 0 Å². The van der Waals surface area contributed by atoms with Crippen molar-refractivity contribution in [1.82, 2.24) is 4.31 Å². The van der Waals surface area contributed by atoms with Gasteiger partial charge in [-0.3, -0.25) is 9.59 Å². The molecule has 0 unspecified atom stereocenters. The van der Waals surface area contributed by atoms with Gasteiger partial charge in [-0.1, -0.05) is 26.3 Å². The van der Waals surface area contributed by atoms with Crippen LogP contribution in [0.3, 0.4) is 0 Å². The van der Waals surface area contributed by atoms with Crippen LogP contribution in [0.15, 0.2) is 47.4 Å². The number of piperidine rings is 1. The highest BCUT2D eigenvalue weighted by Gasteiger charge is 2.27. The van der Waals surface area contributed by atoms with Gasteiger partial charge in [0.05, 0.1) is 4.90 Å². The lowest BCUT2D eigenvalue weighted by atomic mass is 10.1. The molecule has 2 N–H and O–H groups in total. The summed E-state index contributed by atoms with van der Waals surface area (Å²) < 4.78 is 27.5. The summed E-state index contributed by atoms with van der Waals surface area (Å²) in [5.41, 5.74) is 2.22. The van der Waals surface area contributed by atoms with E-state index in [4.69, 9.17) is 0 Å². The van der Waals surface area contributed by atoms with E-state index in [0.29, 0.717) is 42.0 Å². The Labute approximate surface area is 190 Å². The minimum absolute atomic E-state index is 0.0564. The maximum Gasteiger partial charge on any atom is 0.255 e. The van der Waals surface area contributed by atoms with Gasteiger partial charge in [-0.05, 0) is 67.6 Å². The van der Waals surface area contributed by atoms with Crippen LogP contribution in [0.25, 0.3) is 0 Å². The van der Waals surface area contributed by atoms with Crippen molar-refractivity contribution in [3.05, 3.63) is 53.6 Å². The van der Waals surface area contributed by atoms with Crippen molar-refractivity contribution >= 4 is 33.2 Å². The lowest BCUT2D eigenvalue weighted by Crippen LogP contribution is -2.35. The van der Waals surface area contributed by atoms with Crippen LogP contribution in [0.4, 0.5) is 11.4 Å². The number of hydrogen-bond donors (Lipinski definition) is 2. The van der Waals surface area contributed by atoms with E-state index >= 15 is 0 Å². The Kier molecular flexibility index (Phi) is 7.69. The number of nitrogens with zero attached hydrogens (tertiary/aromatic N) is 1. The number of hydrogen-bond acceptors (Lipinski definition) is 4. The van der Waals surface area contributed by atoms with Crippen LogP contribution < -0.4 is 10.6 Å². The first-order valence-electron chi connectivity index (χ1n) is 11.0. The fourth-order valence-corrected chi connectivity index (χ4v) is 5.22. The maximum absolute atomic E-state index is 13.0. The van der Waals surface area contributed by atoms with E-state index < -0.39 is 10.0 Å². The molecule has 0 aliphatic carbocycles. The van der Waals surface area contributed by atoms with Crippen molar-refractivity contribution in [2.45, 2.75) is 51.3 Å². The quantitative estimate of drug-likeness (QED) is 0.644. The van der Waals surface area contributed by atoms with Crippen LogP contribution >= 0.6 is 0 Å². The number of aryl methyl sites for hydroxylation is 1. The molecule has 2 aromatic rings. The zero-order chi connectivity index (χ0) is 23.3. The van der Waals surface area contributed by atoms with Gasteiger partial charge in [-0.2, -0.15) is 4.31 Å². The molecular formula is C24H31N3O4S. The molecule has 0 bridgehead atoms. The molecule has 0 saturated carbocycles. The Balaban J connectivity index is 1.72. The van der Waals surface area contributed by atoms with Crippen molar-refractivity contribution in [3.63, 3.8) is 0 Å². The molecule has 32 heavy (non-hydrogen) atoms. The number of anilines is 2. The number of amides is 2. The van der Waals surface area contributed by atoms with Gasteiger partial charge in [0.15, 0.2) is 0 Å². The Bertz CT molecular complexity index is 1070. The molecule has 3 rings (SSSR count). The lowest BCUT2D eigenvalue weighted by molar-refractivity contribution is -0.116. The van der Waals surface area contributed by atoms with Crippen molar-refractivity contribution in [1.29, 1.82) is 0 Å². The van der Waals surface area contributed by atoms with Gasteiger partial charge in [0.2, 0.25) is 15.9 Å². The molecule has 0 spiro atoms. The first-order chi connectivity index (χ1) is 15.2. The highest BCUT2D eigenvalue weighted by Crippen LogP contribution is 2.24. The molecule has 2 amide bonds. The molecule has 7 nitrogen and oxygen atoms in total. The molecule has 8 heteroatoms. The van der Waals surface area contributed by atoms with E-state index in [1.54, 1.807) is 43.3 Å². The van der Waals surface area contributed by atoms with Gasteiger partial charge in [0, 0.05) is 36.4 Å². The van der Waals surface area contributed by atoms with E-state index in [1.807, 2.05) is 13.8 Å². The number of benzene rings is 2. The monoisotopic (exact) mass is 457 g/mol. The van der Waals surface area contributed by atoms with Crippen LogP contribution in [0.1, 0.15) is 55.5 Å². The average Bonchev–Trinajstić information content (AvgIpc) is 2.75. The van der Waals surface area contributed by atoms with Crippen molar-refractivity contribution in [2.24, 2.45) is 5.92 Å². The molecule has 172 valence electrons. The fourth-order valence-electron chi connectivity index (χ4n) is 3.68. The first kappa shape index (κ1) is 23.9. The Morgan fingerprint density at radius 3 is 2.12 bits per heavy atom. The number of nitrogens with one attached hydrogen (secondary N) is 2. The van der Waals surface area contributed by atoms with Crippen molar-refractivity contribution in [2.75, 3.05) is 23.7 Å². The molecule has 1 fully saturated rings. The lowest BCUT2D eigenvalue weighted by Gasteiger charge is -2.26. The average molecular weight is 458 g/mol. The summed E-state index contributed by atoms with van der Waals surface area (Å²) in [6.07, 6.45) is 3.18. The molecule has 0 radical (unpaired) electrons. The minimum Gasteiger partial charge on any atom is -0.326 e. The standard InChI is InChI=1S/C24H31N3O4S/c1-17(2)15-23(28)25-19-8-10-20(11-9-19)26-24(29)22-16-21(12-7-18(22)3)32(30,31)27-13-5-4-6-14-27/h7-12,16-17H,4-6,13-15H2,1-3H3,(H,25,28)(H,26,29). The highest BCUT2D eigenvalue weighted by molar-refractivity contribution is 7.89. The van der Waals surface area contributed by atoms with Crippen LogP contribution in [0, 0.1) is 12.8 Å². The van der Waals surface area contributed by atoms with Gasteiger partial charge in [-0.15, -0.1) is 0 Å². The second-order valence-corrected chi connectivity index (χ2v) is 10.6. The molecule has 1 saturated heterocycles. The number of carbonyl (C=O) groups excluding carboxylic acids is 2. The Hall–Kier alpha value is -2.71. The van der Waals surface area contributed by atoms with Gasteiger partial charge >= 0.3 is 0 Å². The van der Waals surface area contributed by atoms with Crippen LogP contribution in [0.2, 0.25) is 0 Å². The predicted octanol–water partition coefficient (Wildman–Crippen LogP) is 4.41. The number of carbonyl (C=O) groups is 2. The first-order valence-corrected chi connectivity index (χ1v) is 12.4. The molecule has 0 atom stereocenters. The van der Waals surface area contributed by atoms with E-state index in [0.717, 1.165) is 19.3 Å². The summed E-state index contributed by atoms with van der Waals surface area (Å²) in [5.74, 6) is -0.166. The van der Waals surface area contributed by atoms with Gasteiger partial charge in [0.25, 0.3) is 5.91 Å². The third-order valence-corrected chi connectivity index (χ3v) is 7.32. The summed E-state index contributed by atoms with van der Waals surface area (Å²) in [6, 6.07) is 11.5. The summed E-state index contributed by atoms with van der Waals surface area (Å²) in [4.78, 5) is 24.9. The van der Waals surface area contributed by atoms with Crippen LogP contribution in [-0.2, 0) is 14.8 Å². The maximum atomic E-state index is 13.0. The number of sulfonamides is 1. The summed E-state index contributed by atoms with van der Waals surface area (Å²) >= 11 is 0. The van der Waals surface area contributed by atoms with Gasteiger partial charge in [-0.25, -0.2) is 8.42 Å². The summed E-state index contributed by atoms with van der Waals surface area (Å²) in [7, 11) is -3.62. The second kappa shape index (κ2) is 10.3. The molecule has 1 heterocycles. The predicted molar refractivity (Wildman–Crippen MR) is 126 cm³/mol. The molecule has 1 aliphatic rings. The van der Waals surface area contributed by atoms with Gasteiger partial charge < -0.3 is 10.6 Å². The summed E-state index contributed by atoms with van der Waals surface area (Å²) in [6.45, 7) is 6.76. The SMILES string of the molecule is Cc1ccc(S(=O)(=O)N2CCCCC2)cc1C(=O)Nc1ccc(NC(=O)CC(C)C)cc1. The molecule has 2 aromatic carbocycles. The Morgan fingerprint density at radius 1 is 0.938 bits per heavy atom. The van der Waals surface area contributed by atoms with E-state index in [9.17, 15) is 18.0 Å². The fraction of sp³-hybridized carbons (Fsp3) is 0.417. The van der Waals surface area contributed by atoms with E-state index in [1.165, 1.54) is 10.4 Å². The van der Waals surface area contributed by atoms with E-state index in [2.05, 4.69) is 10.6 Å². The number of rotatable bonds is 7. The Morgan fingerprint density at radius 2 is 1.53 bits per heavy atom. The highest BCUT2D eigenvalue weighted by atomic mass is 32.2. The third kappa shape index (κ3) is 5.95. The topological polar surface area (TPSA) is 95.6 Å². The zero-order valence-electron chi connectivity index (χ0n) is 18.8. The largest absolute Gasteiger partial charge is 0.326 e. The smallest absolute Gasteiger partial charge is 0.255 e.